The predicted octanol–water partition coefficient (Wildman–Crippen LogP) is 4.88. The highest BCUT2D eigenvalue weighted by Gasteiger charge is 2.30. The Labute approximate surface area is 206 Å². The maximum atomic E-state index is 9.14. The van der Waals surface area contributed by atoms with Crippen LogP contribution in [0.15, 0.2) is 67.1 Å². The first-order valence-electron chi connectivity index (χ1n) is 12.3. The van der Waals surface area contributed by atoms with Crippen molar-refractivity contribution >= 4 is 5.69 Å². The first kappa shape index (κ1) is 21.7. The molecule has 2 atom stereocenters. The summed E-state index contributed by atoms with van der Waals surface area (Å²) in [6.07, 6.45) is 6.15. The van der Waals surface area contributed by atoms with Crippen molar-refractivity contribution in [2.75, 3.05) is 38.6 Å². The molecular formula is C29H30N6. The standard InChI is InChI=1S/C29H30N6/c1-20-15-33(19-25(20)16-32(2)3)26-8-9-27-24(12-26)18-34-17-23(22-6-4-21(14-30)5-7-22)13-28(34)29-31-10-11-35(27)29/h4-13,17,20,25H,15-16,18-19H2,1-3H3/t20-,25-/m0/s1. The van der Waals surface area contributed by atoms with Crippen LogP contribution in [0.3, 0.4) is 0 Å². The summed E-state index contributed by atoms with van der Waals surface area (Å²) in [7, 11) is 4.34. The molecule has 6 rings (SSSR count). The molecule has 35 heavy (non-hydrogen) atoms. The third-order valence-electron chi connectivity index (χ3n) is 7.51. The van der Waals surface area contributed by atoms with Crippen molar-refractivity contribution in [3.63, 3.8) is 0 Å². The average Bonchev–Trinajstić information content (AvgIpc) is 3.56. The number of hydrogen-bond donors (Lipinski definition) is 0. The molecule has 2 aromatic heterocycles. The number of fused-ring (bicyclic) bond motifs is 5. The third-order valence-corrected chi connectivity index (χ3v) is 7.51. The zero-order chi connectivity index (χ0) is 24.1. The van der Waals surface area contributed by atoms with Gasteiger partial charge in [-0.2, -0.15) is 5.26 Å². The SMILES string of the molecule is C[C@H]1CN(c2ccc3c(c2)Cn2cc(-c4ccc(C#N)cc4)cc2-c2nccn2-3)C[C@@H]1CN(C)C. The number of hydrogen-bond acceptors (Lipinski definition) is 4. The number of imidazole rings is 1. The van der Waals surface area contributed by atoms with Crippen LogP contribution < -0.4 is 4.90 Å². The van der Waals surface area contributed by atoms with Gasteiger partial charge in [-0.05, 0) is 73.5 Å². The lowest BCUT2D eigenvalue weighted by Gasteiger charge is -2.22. The Morgan fingerprint density at radius 2 is 1.89 bits per heavy atom. The largest absolute Gasteiger partial charge is 0.371 e. The van der Waals surface area contributed by atoms with Gasteiger partial charge in [0.2, 0.25) is 0 Å². The van der Waals surface area contributed by atoms with E-state index in [1.165, 1.54) is 16.9 Å². The monoisotopic (exact) mass is 462 g/mol. The normalized spacial score (nSPS) is 18.7. The number of rotatable bonds is 4. The third kappa shape index (κ3) is 3.82. The van der Waals surface area contributed by atoms with Gasteiger partial charge < -0.3 is 14.4 Å². The average molecular weight is 463 g/mol. The molecule has 4 aromatic rings. The van der Waals surface area contributed by atoms with Crippen LogP contribution in [-0.4, -0.2) is 52.7 Å². The van der Waals surface area contributed by atoms with Gasteiger partial charge >= 0.3 is 0 Å². The molecule has 0 amide bonds. The molecule has 2 aliphatic heterocycles. The number of nitriles is 1. The Kier molecular flexibility index (Phi) is 5.23. The molecule has 6 nitrogen and oxygen atoms in total. The van der Waals surface area contributed by atoms with Crippen molar-refractivity contribution in [3.05, 3.63) is 78.2 Å². The molecule has 0 aliphatic carbocycles. The fourth-order valence-corrected chi connectivity index (χ4v) is 5.68. The fourth-order valence-electron chi connectivity index (χ4n) is 5.68. The van der Waals surface area contributed by atoms with Crippen molar-refractivity contribution in [2.24, 2.45) is 11.8 Å². The first-order valence-corrected chi connectivity index (χ1v) is 12.3. The maximum absolute atomic E-state index is 9.14. The van der Waals surface area contributed by atoms with Crippen LogP contribution in [0, 0.1) is 23.2 Å². The van der Waals surface area contributed by atoms with Crippen LogP contribution in [0.5, 0.6) is 0 Å². The van der Waals surface area contributed by atoms with Gasteiger partial charge in [-0.15, -0.1) is 0 Å². The van der Waals surface area contributed by atoms with Crippen molar-refractivity contribution < 1.29 is 0 Å². The Hall–Kier alpha value is -3.82. The molecule has 0 bridgehead atoms. The molecule has 1 fully saturated rings. The molecule has 0 saturated carbocycles. The summed E-state index contributed by atoms with van der Waals surface area (Å²) in [5.41, 5.74) is 7.83. The molecule has 2 aromatic carbocycles. The Balaban J connectivity index is 1.36. The summed E-state index contributed by atoms with van der Waals surface area (Å²) in [6.45, 7) is 6.51. The molecule has 176 valence electrons. The van der Waals surface area contributed by atoms with Gasteiger partial charge in [0.1, 0.15) is 0 Å². The van der Waals surface area contributed by atoms with Gasteiger partial charge in [0.05, 0.1) is 23.0 Å². The quantitative estimate of drug-likeness (QED) is 0.382. The van der Waals surface area contributed by atoms with Crippen molar-refractivity contribution in [1.82, 2.24) is 19.0 Å². The van der Waals surface area contributed by atoms with Gasteiger partial charge in [0, 0.05) is 56.0 Å². The van der Waals surface area contributed by atoms with Crippen LogP contribution >= 0.6 is 0 Å². The Morgan fingerprint density at radius 1 is 1.06 bits per heavy atom. The fraction of sp³-hybridized carbons (Fsp3) is 0.310. The molecule has 4 heterocycles. The molecule has 0 spiro atoms. The van der Waals surface area contributed by atoms with Crippen molar-refractivity contribution in [3.8, 4) is 34.4 Å². The summed E-state index contributed by atoms with van der Waals surface area (Å²) >= 11 is 0. The number of aromatic nitrogens is 3. The van der Waals surface area contributed by atoms with E-state index in [4.69, 9.17) is 10.2 Å². The van der Waals surface area contributed by atoms with Crippen LogP contribution in [0.2, 0.25) is 0 Å². The van der Waals surface area contributed by atoms with E-state index in [0.29, 0.717) is 17.4 Å². The van der Waals surface area contributed by atoms with Gasteiger partial charge in [0.25, 0.3) is 0 Å². The molecule has 2 aliphatic rings. The van der Waals surface area contributed by atoms with E-state index in [0.717, 1.165) is 48.8 Å². The topological polar surface area (TPSA) is 53.0 Å². The van der Waals surface area contributed by atoms with Crippen molar-refractivity contribution in [2.45, 2.75) is 13.5 Å². The van der Waals surface area contributed by atoms with E-state index in [1.54, 1.807) is 0 Å². The van der Waals surface area contributed by atoms with Crippen LogP contribution in [0.25, 0.3) is 28.3 Å². The first-order chi connectivity index (χ1) is 17.0. The molecule has 0 unspecified atom stereocenters. The number of anilines is 1. The summed E-state index contributed by atoms with van der Waals surface area (Å²) in [6, 6.07) is 19.1. The minimum Gasteiger partial charge on any atom is -0.371 e. The second-order valence-electron chi connectivity index (χ2n) is 10.3. The van der Waals surface area contributed by atoms with Crippen LogP contribution in [0.1, 0.15) is 18.1 Å². The summed E-state index contributed by atoms with van der Waals surface area (Å²) < 4.78 is 4.52. The summed E-state index contributed by atoms with van der Waals surface area (Å²) in [4.78, 5) is 9.58. The lowest BCUT2D eigenvalue weighted by Crippen LogP contribution is -2.27. The van der Waals surface area contributed by atoms with Gasteiger partial charge in [-0.25, -0.2) is 4.98 Å². The van der Waals surface area contributed by atoms with E-state index < -0.39 is 0 Å². The molecular weight excluding hydrogens is 432 g/mol. The second kappa shape index (κ2) is 8.44. The van der Waals surface area contributed by atoms with Gasteiger partial charge in [-0.1, -0.05) is 19.1 Å². The Bertz CT molecular complexity index is 1420. The number of nitrogens with zero attached hydrogens (tertiary/aromatic N) is 6. The Morgan fingerprint density at radius 3 is 2.66 bits per heavy atom. The number of benzene rings is 2. The highest BCUT2D eigenvalue weighted by molar-refractivity contribution is 5.72. The van der Waals surface area contributed by atoms with E-state index in [2.05, 4.69) is 82.7 Å². The second-order valence-corrected chi connectivity index (χ2v) is 10.3. The van der Waals surface area contributed by atoms with E-state index in [1.807, 2.05) is 30.5 Å². The van der Waals surface area contributed by atoms with Gasteiger partial charge in [0.15, 0.2) is 5.82 Å². The van der Waals surface area contributed by atoms with E-state index in [-0.39, 0.29) is 0 Å². The van der Waals surface area contributed by atoms with E-state index >= 15 is 0 Å². The van der Waals surface area contributed by atoms with Crippen LogP contribution in [0.4, 0.5) is 5.69 Å². The molecule has 0 radical (unpaired) electrons. The summed E-state index contributed by atoms with van der Waals surface area (Å²) in [5, 5.41) is 9.14. The predicted molar refractivity (Wildman–Crippen MR) is 140 cm³/mol. The highest BCUT2D eigenvalue weighted by atomic mass is 15.2. The molecule has 6 heteroatoms. The van der Waals surface area contributed by atoms with E-state index in [9.17, 15) is 0 Å². The molecule has 0 N–H and O–H groups in total. The zero-order valence-electron chi connectivity index (χ0n) is 20.5. The minimum absolute atomic E-state index is 0.676. The lowest BCUT2D eigenvalue weighted by molar-refractivity contribution is 0.301. The van der Waals surface area contributed by atoms with Gasteiger partial charge in [-0.3, -0.25) is 4.57 Å². The van der Waals surface area contributed by atoms with Crippen LogP contribution in [-0.2, 0) is 6.54 Å². The summed E-state index contributed by atoms with van der Waals surface area (Å²) in [5.74, 6) is 2.33. The minimum atomic E-state index is 0.676. The lowest BCUT2D eigenvalue weighted by atomic mass is 9.98. The van der Waals surface area contributed by atoms with Crippen molar-refractivity contribution in [1.29, 1.82) is 5.26 Å². The smallest absolute Gasteiger partial charge is 0.161 e. The highest BCUT2D eigenvalue weighted by Crippen LogP contribution is 2.36. The molecule has 1 saturated heterocycles. The zero-order valence-corrected chi connectivity index (χ0v) is 20.5. The maximum Gasteiger partial charge on any atom is 0.161 e.